The monoisotopic (exact) mass is 388 g/mol. The van der Waals surface area contributed by atoms with Gasteiger partial charge in [-0.1, -0.05) is 78.9 Å². The van der Waals surface area contributed by atoms with E-state index in [4.69, 9.17) is 9.47 Å². The normalized spacial score (nSPS) is 19.2. The SMILES string of the molecule is CC1=Cc2c(ccc3ccccc23)OC12C=C(c1ccccc1)c1ccccc1O2. The van der Waals surface area contributed by atoms with E-state index in [2.05, 4.69) is 79.7 Å². The summed E-state index contributed by atoms with van der Waals surface area (Å²) in [6, 6.07) is 31.1. The molecule has 4 aromatic rings. The molecule has 0 aliphatic carbocycles. The summed E-state index contributed by atoms with van der Waals surface area (Å²) in [5.41, 5.74) is 5.47. The quantitative estimate of drug-likeness (QED) is 0.355. The summed E-state index contributed by atoms with van der Waals surface area (Å²) in [7, 11) is 0. The molecular weight excluding hydrogens is 368 g/mol. The van der Waals surface area contributed by atoms with Crippen molar-refractivity contribution in [3.8, 4) is 11.5 Å². The van der Waals surface area contributed by atoms with E-state index in [1.807, 2.05) is 30.3 Å². The van der Waals surface area contributed by atoms with Crippen LogP contribution in [0.2, 0.25) is 0 Å². The second-order valence-electron chi connectivity index (χ2n) is 7.82. The number of fused-ring (bicyclic) bond motifs is 4. The summed E-state index contributed by atoms with van der Waals surface area (Å²) in [4.78, 5) is 0. The summed E-state index contributed by atoms with van der Waals surface area (Å²) in [6.07, 6.45) is 4.32. The van der Waals surface area contributed by atoms with Gasteiger partial charge in [0.2, 0.25) is 0 Å². The van der Waals surface area contributed by atoms with E-state index < -0.39 is 5.79 Å². The molecule has 4 aromatic carbocycles. The number of hydrogen-bond acceptors (Lipinski definition) is 2. The Labute approximate surface area is 175 Å². The van der Waals surface area contributed by atoms with Crippen LogP contribution in [0.25, 0.3) is 22.4 Å². The van der Waals surface area contributed by atoms with Gasteiger partial charge < -0.3 is 9.47 Å². The first kappa shape index (κ1) is 17.1. The van der Waals surface area contributed by atoms with Crippen LogP contribution >= 0.6 is 0 Å². The minimum absolute atomic E-state index is 0.829. The van der Waals surface area contributed by atoms with Crippen LogP contribution in [0.15, 0.2) is 103 Å². The van der Waals surface area contributed by atoms with Gasteiger partial charge in [0.05, 0.1) is 0 Å². The molecule has 144 valence electrons. The Hall–Kier alpha value is -3.78. The topological polar surface area (TPSA) is 18.5 Å². The molecular formula is C28H20O2. The lowest BCUT2D eigenvalue weighted by molar-refractivity contribution is -0.0414. The van der Waals surface area contributed by atoms with Crippen molar-refractivity contribution >= 4 is 22.4 Å². The third-order valence-electron chi connectivity index (χ3n) is 5.96. The summed E-state index contributed by atoms with van der Waals surface area (Å²) < 4.78 is 13.1. The Bertz CT molecular complexity index is 1350. The Kier molecular flexibility index (Phi) is 3.63. The van der Waals surface area contributed by atoms with E-state index in [0.717, 1.165) is 39.3 Å². The molecule has 0 fully saturated rings. The van der Waals surface area contributed by atoms with Crippen molar-refractivity contribution in [1.29, 1.82) is 0 Å². The molecule has 30 heavy (non-hydrogen) atoms. The Morgan fingerprint density at radius 3 is 2.30 bits per heavy atom. The first-order valence-corrected chi connectivity index (χ1v) is 10.2. The molecule has 0 saturated heterocycles. The van der Waals surface area contributed by atoms with Crippen molar-refractivity contribution in [3.63, 3.8) is 0 Å². The van der Waals surface area contributed by atoms with Gasteiger partial charge in [-0.15, -0.1) is 0 Å². The minimum atomic E-state index is -0.963. The maximum Gasteiger partial charge on any atom is 0.295 e. The highest BCUT2D eigenvalue weighted by molar-refractivity contribution is 5.95. The van der Waals surface area contributed by atoms with E-state index >= 15 is 0 Å². The minimum Gasteiger partial charge on any atom is -0.444 e. The molecule has 2 nitrogen and oxygen atoms in total. The highest BCUT2D eigenvalue weighted by Gasteiger charge is 2.42. The molecule has 2 aliphatic rings. The third kappa shape index (κ3) is 2.50. The molecule has 0 radical (unpaired) electrons. The van der Waals surface area contributed by atoms with Gasteiger partial charge in [0.15, 0.2) is 0 Å². The second-order valence-corrected chi connectivity index (χ2v) is 7.82. The molecule has 0 N–H and O–H groups in total. The molecule has 0 saturated carbocycles. The van der Waals surface area contributed by atoms with Crippen LogP contribution in [0.5, 0.6) is 11.5 Å². The van der Waals surface area contributed by atoms with Gasteiger partial charge in [-0.3, -0.25) is 0 Å². The van der Waals surface area contributed by atoms with Gasteiger partial charge >= 0.3 is 0 Å². The first-order valence-electron chi connectivity index (χ1n) is 10.2. The van der Waals surface area contributed by atoms with Crippen molar-refractivity contribution in [1.82, 2.24) is 0 Å². The average Bonchev–Trinajstić information content (AvgIpc) is 2.80. The summed E-state index contributed by atoms with van der Waals surface area (Å²) in [5.74, 6) is 0.702. The molecule has 0 aromatic heterocycles. The number of benzene rings is 4. The molecule has 2 aliphatic heterocycles. The lowest BCUT2D eigenvalue weighted by Gasteiger charge is -2.40. The van der Waals surface area contributed by atoms with Gasteiger partial charge in [0.25, 0.3) is 5.79 Å². The Morgan fingerprint density at radius 1 is 0.667 bits per heavy atom. The van der Waals surface area contributed by atoms with Crippen LogP contribution in [0.1, 0.15) is 23.6 Å². The zero-order valence-corrected chi connectivity index (χ0v) is 16.6. The Balaban J connectivity index is 1.57. The van der Waals surface area contributed by atoms with E-state index in [0.29, 0.717) is 0 Å². The lowest BCUT2D eigenvalue weighted by Crippen LogP contribution is -2.45. The predicted octanol–water partition coefficient (Wildman–Crippen LogP) is 6.86. The summed E-state index contributed by atoms with van der Waals surface area (Å²) >= 11 is 0. The second kappa shape index (κ2) is 6.36. The van der Waals surface area contributed by atoms with Gasteiger partial charge in [-0.25, -0.2) is 0 Å². The fourth-order valence-electron chi connectivity index (χ4n) is 4.41. The van der Waals surface area contributed by atoms with Crippen molar-refractivity contribution in [2.24, 2.45) is 0 Å². The largest absolute Gasteiger partial charge is 0.444 e. The van der Waals surface area contributed by atoms with Crippen LogP contribution in [0.4, 0.5) is 0 Å². The van der Waals surface area contributed by atoms with Crippen LogP contribution in [0.3, 0.4) is 0 Å². The highest BCUT2D eigenvalue weighted by Crippen LogP contribution is 2.47. The standard InChI is InChI=1S/C28H20O2/c1-19-17-24-22-12-6-5-11-21(22)15-16-27(24)30-28(19)18-25(20-9-3-2-4-10-20)23-13-7-8-14-26(23)29-28/h2-18H,1H3. The number of rotatable bonds is 1. The lowest BCUT2D eigenvalue weighted by atomic mass is 9.88. The van der Waals surface area contributed by atoms with Gasteiger partial charge in [0.1, 0.15) is 11.5 Å². The first-order chi connectivity index (χ1) is 14.7. The van der Waals surface area contributed by atoms with Gasteiger partial charge in [-0.2, -0.15) is 0 Å². The van der Waals surface area contributed by atoms with Crippen molar-refractivity contribution in [2.75, 3.05) is 0 Å². The predicted molar refractivity (Wildman–Crippen MR) is 122 cm³/mol. The van der Waals surface area contributed by atoms with E-state index in [1.165, 1.54) is 10.8 Å². The van der Waals surface area contributed by atoms with E-state index in [-0.39, 0.29) is 0 Å². The summed E-state index contributed by atoms with van der Waals surface area (Å²) in [5, 5.41) is 2.39. The third-order valence-corrected chi connectivity index (χ3v) is 5.96. The molecule has 1 unspecified atom stereocenters. The zero-order valence-electron chi connectivity index (χ0n) is 16.6. The molecule has 6 rings (SSSR count). The Morgan fingerprint density at radius 2 is 1.40 bits per heavy atom. The maximum absolute atomic E-state index is 6.62. The van der Waals surface area contributed by atoms with Crippen molar-refractivity contribution in [3.05, 3.63) is 119 Å². The fraction of sp³-hybridized carbons (Fsp3) is 0.0714. The smallest absolute Gasteiger partial charge is 0.295 e. The molecule has 0 amide bonds. The average molecular weight is 388 g/mol. The highest BCUT2D eigenvalue weighted by atomic mass is 16.7. The molecule has 1 spiro atoms. The van der Waals surface area contributed by atoms with Crippen LogP contribution in [0, 0.1) is 0 Å². The van der Waals surface area contributed by atoms with Crippen molar-refractivity contribution < 1.29 is 9.47 Å². The zero-order chi connectivity index (χ0) is 20.1. The van der Waals surface area contributed by atoms with Gasteiger partial charge in [-0.05, 0) is 47.0 Å². The van der Waals surface area contributed by atoms with Crippen molar-refractivity contribution in [2.45, 2.75) is 12.7 Å². The maximum atomic E-state index is 6.62. The fourth-order valence-corrected chi connectivity index (χ4v) is 4.41. The van der Waals surface area contributed by atoms with E-state index in [9.17, 15) is 0 Å². The van der Waals surface area contributed by atoms with E-state index in [1.54, 1.807) is 0 Å². The number of ether oxygens (including phenoxy) is 2. The molecule has 0 bridgehead atoms. The molecule has 2 heterocycles. The summed E-state index contributed by atoms with van der Waals surface area (Å²) in [6.45, 7) is 2.08. The number of para-hydroxylation sites is 1. The van der Waals surface area contributed by atoms with Crippen LogP contribution in [-0.2, 0) is 0 Å². The molecule has 1 atom stereocenters. The van der Waals surface area contributed by atoms with Crippen LogP contribution in [-0.4, -0.2) is 5.79 Å². The number of hydrogen-bond donors (Lipinski definition) is 0. The molecule has 2 heteroatoms. The van der Waals surface area contributed by atoms with Crippen LogP contribution < -0.4 is 9.47 Å². The van der Waals surface area contributed by atoms with Gasteiger partial charge in [0, 0.05) is 22.8 Å².